The Hall–Kier alpha value is -3.17. The maximum atomic E-state index is 13.3. The first kappa shape index (κ1) is 23.6. The number of aliphatic imine (C=N–C) groups is 1. The summed E-state index contributed by atoms with van der Waals surface area (Å²) in [5.41, 5.74) is 3.87. The number of hydrogen-bond acceptors (Lipinski definition) is 7. The Balaban J connectivity index is 1.52. The first-order valence-corrected chi connectivity index (χ1v) is 13.3. The number of carbonyl (C=O) groups is 2. The lowest BCUT2D eigenvalue weighted by molar-refractivity contribution is -0.123. The van der Waals surface area contributed by atoms with E-state index in [2.05, 4.69) is 5.32 Å². The highest BCUT2D eigenvalue weighted by molar-refractivity contribution is 7.17. The van der Waals surface area contributed by atoms with Gasteiger partial charge in [0.25, 0.3) is 0 Å². The highest BCUT2D eigenvalue weighted by atomic mass is 32.1. The maximum Gasteiger partial charge on any atom is 0.249 e. The largest absolute Gasteiger partial charge is 0.493 e. The third-order valence-corrected chi connectivity index (χ3v) is 8.50. The van der Waals surface area contributed by atoms with Crippen LogP contribution in [0.3, 0.4) is 0 Å². The van der Waals surface area contributed by atoms with Gasteiger partial charge in [-0.1, -0.05) is 6.07 Å². The Labute approximate surface area is 212 Å². The fraction of sp³-hybridized carbons (Fsp3) is 0.346. The minimum absolute atomic E-state index is 0.0158. The van der Waals surface area contributed by atoms with Crippen molar-refractivity contribution < 1.29 is 19.1 Å². The summed E-state index contributed by atoms with van der Waals surface area (Å²) >= 11 is 3.22. The highest BCUT2D eigenvalue weighted by Gasteiger charge is 2.33. The van der Waals surface area contributed by atoms with Gasteiger partial charge in [0.2, 0.25) is 11.8 Å². The third-order valence-electron chi connectivity index (χ3n) is 6.31. The molecule has 1 aliphatic heterocycles. The van der Waals surface area contributed by atoms with E-state index in [-0.39, 0.29) is 24.9 Å². The van der Waals surface area contributed by atoms with Crippen LogP contribution in [-0.4, -0.2) is 44.8 Å². The van der Waals surface area contributed by atoms with E-state index in [1.54, 1.807) is 41.8 Å². The molecule has 2 aliphatic rings. The number of ether oxygens (including phenoxy) is 2. The molecule has 1 aromatic carbocycles. The van der Waals surface area contributed by atoms with Crippen LogP contribution in [-0.2, 0) is 29.0 Å². The van der Waals surface area contributed by atoms with E-state index in [1.165, 1.54) is 10.4 Å². The summed E-state index contributed by atoms with van der Waals surface area (Å²) < 4.78 is 10.9. The zero-order valence-electron chi connectivity index (χ0n) is 19.8. The van der Waals surface area contributed by atoms with Crippen LogP contribution in [0.4, 0.5) is 5.00 Å². The molecule has 35 heavy (non-hydrogen) atoms. The van der Waals surface area contributed by atoms with E-state index in [9.17, 15) is 9.59 Å². The smallest absolute Gasteiger partial charge is 0.249 e. The van der Waals surface area contributed by atoms with Gasteiger partial charge in [-0.05, 0) is 60.9 Å². The maximum absolute atomic E-state index is 13.3. The molecule has 1 aliphatic carbocycles. The normalized spacial score (nSPS) is 15.1. The van der Waals surface area contributed by atoms with Crippen LogP contribution >= 0.6 is 22.7 Å². The Kier molecular flexibility index (Phi) is 6.88. The van der Waals surface area contributed by atoms with Gasteiger partial charge >= 0.3 is 0 Å². The van der Waals surface area contributed by atoms with Crippen LogP contribution in [0.25, 0.3) is 0 Å². The summed E-state index contributed by atoms with van der Waals surface area (Å²) in [7, 11) is 3.21. The van der Waals surface area contributed by atoms with E-state index >= 15 is 0 Å². The molecule has 7 nitrogen and oxygen atoms in total. The van der Waals surface area contributed by atoms with Crippen molar-refractivity contribution in [3.05, 3.63) is 62.2 Å². The summed E-state index contributed by atoms with van der Waals surface area (Å²) in [5.74, 6) is 0.891. The van der Waals surface area contributed by atoms with Crippen molar-refractivity contribution in [2.24, 2.45) is 4.99 Å². The molecule has 0 unspecified atom stereocenters. The third kappa shape index (κ3) is 4.70. The van der Waals surface area contributed by atoms with Crippen molar-refractivity contribution in [2.75, 3.05) is 32.2 Å². The SMILES string of the molecule is COc1ccc(C2=NCC(=O)N(CC(=O)NCc3cccs3)c3sc4c(c32)CCCC4)cc1OC. The molecule has 0 bridgehead atoms. The quantitative estimate of drug-likeness (QED) is 0.518. The number of rotatable bonds is 7. The van der Waals surface area contributed by atoms with Gasteiger partial charge in [0, 0.05) is 20.9 Å². The lowest BCUT2D eigenvalue weighted by Gasteiger charge is -2.20. The van der Waals surface area contributed by atoms with E-state index < -0.39 is 0 Å². The predicted molar refractivity (Wildman–Crippen MR) is 140 cm³/mol. The summed E-state index contributed by atoms with van der Waals surface area (Å²) in [6.45, 7) is 0.420. The molecule has 182 valence electrons. The van der Waals surface area contributed by atoms with Gasteiger partial charge in [-0.25, -0.2) is 0 Å². The molecule has 2 amide bonds. The van der Waals surface area contributed by atoms with Crippen LogP contribution in [0.2, 0.25) is 0 Å². The molecule has 0 atom stereocenters. The number of fused-ring (bicyclic) bond motifs is 3. The van der Waals surface area contributed by atoms with Crippen LogP contribution in [0.15, 0.2) is 40.7 Å². The molecule has 9 heteroatoms. The molecule has 3 aromatic rings. The molecule has 5 rings (SSSR count). The predicted octanol–water partition coefficient (Wildman–Crippen LogP) is 4.21. The fourth-order valence-corrected chi connectivity index (χ4v) is 6.64. The van der Waals surface area contributed by atoms with Crippen molar-refractivity contribution in [3.63, 3.8) is 0 Å². The van der Waals surface area contributed by atoms with Crippen molar-refractivity contribution in [2.45, 2.75) is 32.2 Å². The Morgan fingerprint density at radius 3 is 2.74 bits per heavy atom. The zero-order valence-corrected chi connectivity index (χ0v) is 21.4. The molecular formula is C26H27N3O4S2. The van der Waals surface area contributed by atoms with Gasteiger partial charge in [0.05, 0.1) is 26.5 Å². The summed E-state index contributed by atoms with van der Waals surface area (Å²) in [4.78, 5) is 34.9. The van der Waals surface area contributed by atoms with Gasteiger partial charge in [-0.2, -0.15) is 0 Å². The first-order valence-electron chi connectivity index (χ1n) is 11.6. The highest BCUT2D eigenvalue weighted by Crippen LogP contribution is 2.43. The second kappa shape index (κ2) is 10.2. The molecule has 0 saturated heterocycles. The van der Waals surface area contributed by atoms with Crippen molar-refractivity contribution in [1.29, 1.82) is 0 Å². The number of hydrogen-bond donors (Lipinski definition) is 1. The molecule has 3 heterocycles. The van der Waals surface area contributed by atoms with Gasteiger partial charge in [0.15, 0.2) is 11.5 Å². The second-order valence-electron chi connectivity index (χ2n) is 8.46. The number of methoxy groups -OCH3 is 2. The fourth-order valence-electron chi connectivity index (χ4n) is 4.59. The summed E-state index contributed by atoms with van der Waals surface area (Å²) in [5, 5.41) is 5.75. The average molecular weight is 510 g/mol. The van der Waals surface area contributed by atoms with Crippen molar-refractivity contribution >= 4 is 45.2 Å². The molecule has 1 N–H and O–H groups in total. The van der Waals surface area contributed by atoms with Gasteiger partial charge < -0.3 is 14.8 Å². The summed E-state index contributed by atoms with van der Waals surface area (Å²) in [6.07, 6.45) is 4.16. The minimum Gasteiger partial charge on any atom is -0.493 e. The van der Waals surface area contributed by atoms with Gasteiger partial charge in [-0.15, -0.1) is 22.7 Å². The topological polar surface area (TPSA) is 80.2 Å². The number of aryl methyl sites for hydroxylation is 1. The monoisotopic (exact) mass is 509 g/mol. The van der Waals surface area contributed by atoms with Gasteiger partial charge in [0.1, 0.15) is 18.1 Å². The van der Waals surface area contributed by atoms with E-state index in [0.29, 0.717) is 18.0 Å². The first-order chi connectivity index (χ1) is 17.1. The number of nitrogens with one attached hydrogen (secondary N) is 1. The molecular weight excluding hydrogens is 482 g/mol. The average Bonchev–Trinajstić information content (AvgIpc) is 3.51. The number of amides is 2. The Bertz CT molecular complexity index is 1280. The Morgan fingerprint density at radius 1 is 1.14 bits per heavy atom. The lowest BCUT2D eigenvalue weighted by Crippen LogP contribution is -2.41. The second-order valence-corrected chi connectivity index (χ2v) is 10.6. The van der Waals surface area contributed by atoms with E-state index in [4.69, 9.17) is 14.5 Å². The number of nitrogens with zero attached hydrogens (tertiary/aromatic N) is 2. The van der Waals surface area contributed by atoms with E-state index in [0.717, 1.165) is 52.4 Å². The lowest BCUT2D eigenvalue weighted by atomic mass is 9.91. The van der Waals surface area contributed by atoms with Crippen LogP contribution < -0.4 is 19.7 Å². The Morgan fingerprint density at radius 2 is 1.97 bits per heavy atom. The molecule has 2 aromatic heterocycles. The molecule has 0 fully saturated rings. The number of carbonyl (C=O) groups excluding carboxylic acids is 2. The number of anilines is 1. The van der Waals surface area contributed by atoms with Crippen LogP contribution in [0, 0.1) is 0 Å². The van der Waals surface area contributed by atoms with E-state index in [1.807, 2.05) is 35.7 Å². The van der Waals surface area contributed by atoms with Crippen LogP contribution in [0.1, 0.15) is 39.3 Å². The van der Waals surface area contributed by atoms with Crippen molar-refractivity contribution in [3.8, 4) is 11.5 Å². The number of thiophene rings is 2. The molecule has 0 saturated carbocycles. The molecule has 0 radical (unpaired) electrons. The van der Waals surface area contributed by atoms with Crippen molar-refractivity contribution in [1.82, 2.24) is 5.32 Å². The summed E-state index contributed by atoms with van der Waals surface area (Å²) in [6, 6.07) is 9.65. The molecule has 0 spiro atoms. The van der Waals surface area contributed by atoms with Crippen LogP contribution in [0.5, 0.6) is 11.5 Å². The minimum atomic E-state index is -0.182. The zero-order chi connectivity index (χ0) is 24.4. The number of benzene rings is 1. The van der Waals surface area contributed by atoms with Gasteiger partial charge in [-0.3, -0.25) is 19.5 Å². The standard InChI is InChI=1S/C26H27N3O4S2/c1-32-19-10-9-16(12-20(19)33-2)25-24-18-7-3-4-8-21(18)35-26(24)29(23(31)14-28-25)15-22(30)27-13-17-6-5-11-34-17/h5-6,9-12H,3-4,7-8,13-15H2,1-2H3,(H,27,30).